The van der Waals surface area contributed by atoms with E-state index in [1.807, 2.05) is 0 Å². The van der Waals surface area contributed by atoms with Crippen LogP contribution in [-0.4, -0.2) is 55.2 Å². The van der Waals surface area contributed by atoms with Gasteiger partial charge in [0, 0.05) is 26.2 Å². The maximum Gasteiger partial charge on any atom is 0.252 e. The summed E-state index contributed by atoms with van der Waals surface area (Å²) in [6, 6.07) is 3.09. The second-order valence-corrected chi connectivity index (χ2v) is 9.71. The first-order valence-corrected chi connectivity index (χ1v) is 9.59. The zero-order chi connectivity index (χ0) is 16.5. The van der Waals surface area contributed by atoms with Gasteiger partial charge < -0.3 is 10.6 Å². The number of carbonyl (C=O) groups excluding carboxylic acids is 1. The summed E-state index contributed by atoms with van der Waals surface area (Å²) in [6.45, 7) is 4.81. The summed E-state index contributed by atoms with van der Waals surface area (Å²) in [5.74, 6) is -0.161. The highest BCUT2D eigenvalue weighted by Crippen LogP contribution is 2.28. The van der Waals surface area contributed by atoms with Crippen molar-refractivity contribution >= 4 is 38.9 Å². The summed E-state index contributed by atoms with van der Waals surface area (Å²) in [5, 5.41) is 0. The molecule has 6 nitrogen and oxygen atoms in total. The van der Waals surface area contributed by atoms with Crippen molar-refractivity contribution in [3.63, 3.8) is 0 Å². The van der Waals surface area contributed by atoms with E-state index in [4.69, 9.17) is 17.3 Å². The number of rotatable bonds is 3. The van der Waals surface area contributed by atoms with Crippen molar-refractivity contribution in [1.29, 1.82) is 0 Å². The van der Waals surface area contributed by atoms with E-state index in [2.05, 4.69) is 0 Å². The number of hydrogen-bond acceptors (Lipinski definition) is 5. The largest absolute Gasteiger partial charge is 0.340 e. The van der Waals surface area contributed by atoms with Gasteiger partial charge in [0.25, 0.3) is 10.0 Å². The van der Waals surface area contributed by atoms with Crippen LogP contribution in [0, 0.1) is 0 Å². The van der Waals surface area contributed by atoms with Crippen LogP contribution in [0.1, 0.15) is 20.3 Å². The number of sulfonamides is 1. The standard InChI is InChI=1S/C13H20ClN3O3S2/c1-13(2,15)12(18)16-6-3-7-17(9-8-16)22(19,20)11-5-4-10(14)21-11/h4-5H,3,6-9,15H2,1-2H3. The minimum atomic E-state index is -3.55. The Kier molecular flexibility index (Phi) is 5.18. The third-order valence-electron chi connectivity index (χ3n) is 3.44. The molecule has 2 rings (SSSR count). The molecule has 1 amide bonds. The van der Waals surface area contributed by atoms with Crippen molar-refractivity contribution < 1.29 is 13.2 Å². The van der Waals surface area contributed by atoms with Crippen molar-refractivity contribution in [3.05, 3.63) is 16.5 Å². The van der Waals surface area contributed by atoms with Gasteiger partial charge in [-0.05, 0) is 32.4 Å². The number of hydrogen-bond donors (Lipinski definition) is 1. The Labute approximate surface area is 139 Å². The number of carbonyl (C=O) groups is 1. The molecule has 0 saturated carbocycles. The average Bonchev–Trinajstić information content (AvgIpc) is 2.72. The van der Waals surface area contributed by atoms with Crippen molar-refractivity contribution in [2.45, 2.75) is 30.0 Å². The van der Waals surface area contributed by atoms with Gasteiger partial charge in [-0.15, -0.1) is 11.3 Å². The third kappa shape index (κ3) is 3.80. The normalized spacial score (nSPS) is 18.3. The van der Waals surface area contributed by atoms with Crippen molar-refractivity contribution in [3.8, 4) is 0 Å². The number of thiophene rings is 1. The molecule has 1 fully saturated rings. The molecule has 1 saturated heterocycles. The summed E-state index contributed by atoms with van der Waals surface area (Å²) >= 11 is 6.86. The monoisotopic (exact) mass is 365 g/mol. The van der Waals surface area contributed by atoms with Gasteiger partial charge in [-0.25, -0.2) is 8.42 Å². The number of amides is 1. The minimum Gasteiger partial charge on any atom is -0.340 e. The lowest BCUT2D eigenvalue weighted by atomic mass is 10.1. The van der Waals surface area contributed by atoms with Crippen LogP contribution in [-0.2, 0) is 14.8 Å². The SMILES string of the molecule is CC(C)(N)C(=O)N1CCCN(S(=O)(=O)c2ccc(Cl)s2)CC1. The molecular weight excluding hydrogens is 346 g/mol. The fourth-order valence-electron chi connectivity index (χ4n) is 2.31. The summed E-state index contributed by atoms with van der Waals surface area (Å²) in [4.78, 5) is 13.9. The fourth-order valence-corrected chi connectivity index (χ4v) is 5.42. The van der Waals surface area contributed by atoms with Gasteiger partial charge in [0.2, 0.25) is 5.91 Å². The number of nitrogens with two attached hydrogens (primary N) is 1. The summed E-state index contributed by atoms with van der Waals surface area (Å²) < 4.78 is 27.2. The molecule has 0 aliphatic carbocycles. The molecule has 1 aromatic rings. The van der Waals surface area contributed by atoms with Gasteiger partial charge in [0.05, 0.1) is 9.88 Å². The first-order valence-electron chi connectivity index (χ1n) is 6.96. The molecule has 22 heavy (non-hydrogen) atoms. The highest BCUT2D eigenvalue weighted by molar-refractivity contribution is 7.91. The van der Waals surface area contributed by atoms with Crippen LogP contribution in [0.3, 0.4) is 0 Å². The van der Waals surface area contributed by atoms with Crippen LogP contribution >= 0.6 is 22.9 Å². The van der Waals surface area contributed by atoms with Crippen LogP contribution in [0.15, 0.2) is 16.3 Å². The molecular formula is C13H20ClN3O3S2. The topological polar surface area (TPSA) is 83.7 Å². The number of halogens is 1. The van der Waals surface area contributed by atoms with Crippen molar-refractivity contribution in [1.82, 2.24) is 9.21 Å². The maximum absolute atomic E-state index is 12.6. The minimum absolute atomic E-state index is 0.161. The predicted octanol–water partition coefficient (Wildman–Crippen LogP) is 1.36. The molecule has 1 aromatic heterocycles. The van der Waals surface area contributed by atoms with Crippen LogP contribution in [0.5, 0.6) is 0 Å². The molecule has 1 aliphatic heterocycles. The third-order valence-corrected chi connectivity index (χ3v) is 7.03. The van der Waals surface area contributed by atoms with E-state index in [1.165, 1.54) is 10.4 Å². The maximum atomic E-state index is 12.6. The van der Waals surface area contributed by atoms with E-state index in [1.54, 1.807) is 24.8 Å². The average molecular weight is 366 g/mol. The van der Waals surface area contributed by atoms with Gasteiger partial charge in [0.1, 0.15) is 4.21 Å². The smallest absolute Gasteiger partial charge is 0.252 e. The molecule has 9 heteroatoms. The first-order chi connectivity index (χ1) is 10.1. The Morgan fingerprint density at radius 2 is 1.95 bits per heavy atom. The molecule has 124 valence electrons. The first kappa shape index (κ1) is 17.7. The summed E-state index contributed by atoms with van der Waals surface area (Å²) in [6.07, 6.45) is 0.583. The van der Waals surface area contributed by atoms with Crippen LogP contribution in [0.4, 0.5) is 0 Å². The van der Waals surface area contributed by atoms with Crippen LogP contribution < -0.4 is 5.73 Å². The van der Waals surface area contributed by atoms with Crippen molar-refractivity contribution in [2.75, 3.05) is 26.2 Å². The van der Waals surface area contributed by atoms with E-state index in [0.29, 0.717) is 30.4 Å². The Hall–Kier alpha value is -0.670. The Bertz CT molecular complexity index is 652. The zero-order valence-corrected chi connectivity index (χ0v) is 15.0. The molecule has 2 heterocycles. The van der Waals surface area contributed by atoms with Gasteiger partial charge in [-0.2, -0.15) is 4.31 Å². The van der Waals surface area contributed by atoms with E-state index < -0.39 is 15.6 Å². The highest BCUT2D eigenvalue weighted by atomic mass is 35.5. The molecule has 0 spiro atoms. The molecule has 1 aliphatic rings. The molecule has 0 unspecified atom stereocenters. The molecule has 0 radical (unpaired) electrons. The van der Waals surface area contributed by atoms with Gasteiger partial charge in [-0.1, -0.05) is 11.6 Å². The molecule has 0 atom stereocenters. The van der Waals surface area contributed by atoms with E-state index in [-0.39, 0.29) is 16.7 Å². The van der Waals surface area contributed by atoms with Gasteiger partial charge in [-0.3, -0.25) is 4.79 Å². The van der Waals surface area contributed by atoms with E-state index in [9.17, 15) is 13.2 Å². The Morgan fingerprint density at radius 1 is 1.27 bits per heavy atom. The summed E-state index contributed by atoms with van der Waals surface area (Å²) in [5.41, 5.74) is 4.89. The second kappa shape index (κ2) is 6.45. The van der Waals surface area contributed by atoms with E-state index >= 15 is 0 Å². The lowest BCUT2D eigenvalue weighted by Gasteiger charge is -2.28. The highest BCUT2D eigenvalue weighted by Gasteiger charge is 2.32. The van der Waals surface area contributed by atoms with Crippen molar-refractivity contribution in [2.24, 2.45) is 5.73 Å². The zero-order valence-electron chi connectivity index (χ0n) is 12.6. The number of nitrogens with zero attached hydrogens (tertiary/aromatic N) is 2. The van der Waals surface area contributed by atoms with Gasteiger partial charge >= 0.3 is 0 Å². The van der Waals surface area contributed by atoms with Gasteiger partial charge in [0.15, 0.2) is 0 Å². The van der Waals surface area contributed by atoms with E-state index in [0.717, 1.165) is 11.3 Å². The Balaban J connectivity index is 2.12. The Morgan fingerprint density at radius 3 is 2.50 bits per heavy atom. The lowest BCUT2D eigenvalue weighted by molar-refractivity contribution is -0.135. The molecule has 2 N–H and O–H groups in total. The van der Waals surface area contributed by atoms with Crippen LogP contribution in [0.2, 0.25) is 4.34 Å². The lowest BCUT2D eigenvalue weighted by Crippen LogP contribution is -2.52. The molecule has 0 bridgehead atoms. The fraction of sp³-hybridized carbons (Fsp3) is 0.615. The predicted molar refractivity (Wildman–Crippen MR) is 87.6 cm³/mol. The quantitative estimate of drug-likeness (QED) is 0.876. The second-order valence-electron chi connectivity index (χ2n) is 5.83. The summed E-state index contributed by atoms with van der Waals surface area (Å²) in [7, 11) is -3.55. The van der Waals surface area contributed by atoms with Crippen LogP contribution in [0.25, 0.3) is 0 Å². The molecule has 0 aromatic carbocycles.